The predicted octanol–water partition coefficient (Wildman–Crippen LogP) is 3.17. The number of pyridine rings is 1. The maximum Gasteiger partial charge on any atom is 0.356 e. The predicted molar refractivity (Wildman–Crippen MR) is 76.0 cm³/mol. The standard InChI is InChI=1S/C14H11BrN2O3/c15-11-5-1-4-10-13(14(18)19)16-12(17(10)11)7-6-9-3-2-8-20-9/h1-5,8H,6-7H2,(H,18,19). The van der Waals surface area contributed by atoms with Crippen molar-refractivity contribution in [2.24, 2.45) is 0 Å². The van der Waals surface area contributed by atoms with Crippen molar-refractivity contribution in [3.05, 3.63) is 58.5 Å². The van der Waals surface area contributed by atoms with Gasteiger partial charge in [0.25, 0.3) is 0 Å². The second kappa shape index (κ2) is 5.13. The van der Waals surface area contributed by atoms with E-state index in [-0.39, 0.29) is 5.69 Å². The van der Waals surface area contributed by atoms with Crippen LogP contribution in [0.15, 0.2) is 45.6 Å². The highest BCUT2D eigenvalue weighted by Gasteiger charge is 2.17. The van der Waals surface area contributed by atoms with Gasteiger partial charge in [-0.1, -0.05) is 6.07 Å². The van der Waals surface area contributed by atoms with E-state index in [2.05, 4.69) is 20.9 Å². The van der Waals surface area contributed by atoms with E-state index >= 15 is 0 Å². The van der Waals surface area contributed by atoms with Gasteiger partial charge < -0.3 is 9.52 Å². The minimum atomic E-state index is -1.02. The Labute approximate surface area is 123 Å². The maximum atomic E-state index is 11.3. The molecule has 0 aromatic carbocycles. The minimum absolute atomic E-state index is 0.0701. The largest absolute Gasteiger partial charge is 0.476 e. The van der Waals surface area contributed by atoms with Gasteiger partial charge in [0.05, 0.1) is 16.4 Å². The number of aromatic nitrogens is 2. The van der Waals surface area contributed by atoms with E-state index in [1.54, 1.807) is 18.4 Å². The molecule has 3 aromatic rings. The summed E-state index contributed by atoms with van der Waals surface area (Å²) in [6.45, 7) is 0. The molecule has 0 aliphatic heterocycles. The third kappa shape index (κ3) is 2.22. The van der Waals surface area contributed by atoms with Crippen LogP contribution in [0.3, 0.4) is 0 Å². The average Bonchev–Trinajstić information content (AvgIpc) is 3.04. The molecule has 0 amide bonds. The number of nitrogens with zero attached hydrogens (tertiary/aromatic N) is 2. The number of aryl methyl sites for hydroxylation is 2. The Morgan fingerprint density at radius 1 is 1.30 bits per heavy atom. The van der Waals surface area contributed by atoms with Gasteiger partial charge in [0, 0.05) is 12.8 Å². The van der Waals surface area contributed by atoms with E-state index in [9.17, 15) is 9.90 Å². The van der Waals surface area contributed by atoms with Crippen molar-refractivity contribution in [3.63, 3.8) is 0 Å². The second-order valence-corrected chi connectivity index (χ2v) is 5.14. The number of carboxylic acid groups (broad SMARTS) is 1. The number of fused-ring (bicyclic) bond motifs is 1. The molecule has 20 heavy (non-hydrogen) atoms. The van der Waals surface area contributed by atoms with Crippen LogP contribution in [0.5, 0.6) is 0 Å². The lowest BCUT2D eigenvalue weighted by Crippen LogP contribution is -1.98. The molecule has 3 rings (SSSR count). The maximum absolute atomic E-state index is 11.3. The van der Waals surface area contributed by atoms with Gasteiger partial charge in [-0.2, -0.15) is 0 Å². The van der Waals surface area contributed by atoms with Crippen molar-refractivity contribution in [2.75, 3.05) is 0 Å². The van der Waals surface area contributed by atoms with Crippen LogP contribution in [-0.2, 0) is 12.8 Å². The van der Waals surface area contributed by atoms with Crippen LogP contribution in [-0.4, -0.2) is 20.5 Å². The van der Waals surface area contributed by atoms with Gasteiger partial charge in [-0.3, -0.25) is 4.40 Å². The Balaban J connectivity index is 2.03. The number of hydrogen-bond donors (Lipinski definition) is 1. The summed E-state index contributed by atoms with van der Waals surface area (Å²) < 4.78 is 7.88. The highest BCUT2D eigenvalue weighted by molar-refractivity contribution is 9.10. The number of carbonyl (C=O) groups is 1. The zero-order valence-corrected chi connectivity index (χ0v) is 12.0. The third-order valence-corrected chi connectivity index (χ3v) is 3.68. The zero-order chi connectivity index (χ0) is 14.1. The summed E-state index contributed by atoms with van der Waals surface area (Å²) in [4.78, 5) is 15.5. The molecule has 0 fully saturated rings. The topological polar surface area (TPSA) is 67.7 Å². The quantitative estimate of drug-likeness (QED) is 0.744. The molecular weight excluding hydrogens is 324 g/mol. The van der Waals surface area contributed by atoms with Gasteiger partial charge in [0.2, 0.25) is 0 Å². The Hall–Kier alpha value is -2.08. The molecule has 0 aliphatic carbocycles. The number of rotatable bonds is 4. The van der Waals surface area contributed by atoms with Gasteiger partial charge in [-0.05, 0) is 40.2 Å². The van der Waals surface area contributed by atoms with Crippen molar-refractivity contribution < 1.29 is 14.3 Å². The summed E-state index contributed by atoms with van der Waals surface area (Å²) in [6.07, 6.45) is 2.90. The lowest BCUT2D eigenvalue weighted by molar-refractivity contribution is 0.0693. The number of halogens is 1. The lowest BCUT2D eigenvalue weighted by Gasteiger charge is -2.02. The zero-order valence-electron chi connectivity index (χ0n) is 10.4. The molecule has 6 heteroatoms. The Bertz CT molecular complexity index is 762. The number of furan rings is 1. The van der Waals surface area contributed by atoms with E-state index in [4.69, 9.17) is 4.42 Å². The van der Waals surface area contributed by atoms with Crippen LogP contribution < -0.4 is 0 Å². The second-order valence-electron chi connectivity index (χ2n) is 4.33. The molecule has 0 saturated carbocycles. The molecule has 3 heterocycles. The van der Waals surface area contributed by atoms with Crippen molar-refractivity contribution in [2.45, 2.75) is 12.8 Å². The van der Waals surface area contributed by atoms with Crippen molar-refractivity contribution in [1.29, 1.82) is 0 Å². The Morgan fingerprint density at radius 2 is 2.15 bits per heavy atom. The van der Waals surface area contributed by atoms with Crippen LogP contribution in [0.1, 0.15) is 22.1 Å². The fourth-order valence-electron chi connectivity index (χ4n) is 2.18. The molecule has 5 nitrogen and oxygen atoms in total. The molecule has 102 valence electrons. The molecule has 0 unspecified atom stereocenters. The molecule has 3 aromatic heterocycles. The summed E-state index contributed by atoms with van der Waals surface area (Å²) >= 11 is 3.44. The van der Waals surface area contributed by atoms with Gasteiger partial charge in [0.15, 0.2) is 5.69 Å². The lowest BCUT2D eigenvalue weighted by atomic mass is 10.2. The van der Waals surface area contributed by atoms with Crippen LogP contribution in [0.4, 0.5) is 0 Å². The first kappa shape index (κ1) is 12.9. The van der Waals surface area contributed by atoms with E-state index in [0.717, 1.165) is 10.4 Å². The first-order chi connectivity index (χ1) is 9.66. The minimum Gasteiger partial charge on any atom is -0.476 e. The highest BCUT2D eigenvalue weighted by atomic mass is 79.9. The first-order valence-corrected chi connectivity index (χ1v) is 6.87. The van der Waals surface area contributed by atoms with Crippen molar-refractivity contribution in [1.82, 2.24) is 9.38 Å². The number of aromatic carboxylic acids is 1. The molecule has 0 atom stereocenters. The molecule has 1 N–H and O–H groups in total. The number of carboxylic acids is 1. The fraction of sp³-hybridized carbons (Fsp3) is 0.143. The number of imidazole rings is 1. The monoisotopic (exact) mass is 334 g/mol. The summed E-state index contributed by atoms with van der Waals surface area (Å²) in [7, 11) is 0. The summed E-state index contributed by atoms with van der Waals surface area (Å²) in [5.41, 5.74) is 0.655. The normalized spacial score (nSPS) is 11.1. The highest BCUT2D eigenvalue weighted by Crippen LogP contribution is 2.21. The van der Waals surface area contributed by atoms with Crippen LogP contribution in [0.25, 0.3) is 5.52 Å². The molecular formula is C14H11BrN2O3. The van der Waals surface area contributed by atoms with Crippen LogP contribution in [0.2, 0.25) is 0 Å². The Morgan fingerprint density at radius 3 is 2.85 bits per heavy atom. The van der Waals surface area contributed by atoms with Crippen molar-refractivity contribution in [3.8, 4) is 0 Å². The van der Waals surface area contributed by atoms with Gasteiger partial charge in [0.1, 0.15) is 11.6 Å². The first-order valence-electron chi connectivity index (χ1n) is 6.08. The number of hydrogen-bond acceptors (Lipinski definition) is 3. The SMILES string of the molecule is O=C(O)c1nc(CCc2ccco2)n2c(Br)cccc12. The van der Waals surface area contributed by atoms with E-state index < -0.39 is 5.97 Å². The van der Waals surface area contributed by atoms with E-state index in [0.29, 0.717) is 24.2 Å². The van der Waals surface area contributed by atoms with E-state index in [1.165, 1.54) is 0 Å². The van der Waals surface area contributed by atoms with E-state index in [1.807, 2.05) is 22.6 Å². The molecule has 0 saturated heterocycles. The average molecular weight is 335 g/mol. The Kier molecular flexibility index (Phi) is 3.31. The smallest absolute Gasteiger partial charge is 0.356 e. The molecule has 0 radical (unpaired) electrons. The van der Waals surface area contributed by atoms with Gasteiger partial charge in [-0.25, -0.2) is 9.78 Å². The molecule has 0 spiro atoms. The van der Waals surface area contributed by atoms with Crippen molar-refractivity contribution >= 4 is 27.4 Å². The van der Waals surface area contributed by atoms with Gasteiger partial charge in [-0.15, -0.1) is 0 Å². The summed E-state index contributed by atoms with van der Waals surface area (Å²) in [5, 5.41) is 9.23. The summed E-state index contributed by atoms with van der Waals surface area (Å²) in [6, 6.07) is 9.12. The molecule has 0 aliphatic rings. The third-order valence-electron chi connectivity index (χ3n) is 3.06. The summed E-state index contributed by atoms with van der Waals surface area (Å²) in [5.74, 6) is 0.525. The van der Waals surface area contributed by atoms with Crippen LogP contribution in [0, 0.1) is 0 Å². The fourth-order valence-corrected chi connectivity index (χ4v) is 2.73. The molecule has 0 bridgehead atoms. The van der Waals surface area contributed by atoms with Gasteiger partial charge >= 0.3 is 5.97 Å². The van der Waals surface area contributed by atoms with Crippen LogP contribution >= 0.6 is 15.9 Å².